The average molecular weight is 169 g/mol. The van der Waals surface area contributed by atoms with Crippen molar-refractivity contribution in [1.82, 2.24) is 0 Å². The van der Waals surface area contributed by atoms with E-state index < -0.39 is 0 Å². The molecule has 0 N–H and O–H groups in total. The van der Waals surface area contributed by atoms with Crippen molar-refractivity contribution in [2.24, 2.45) is 22.7 Å². The molecular weight excluding hydrogens is 146 g/mol. The second-order valence-corrected chi connectivity index (χ2v) is 3.95. The van der Waals surface area contributed by atoms with Crippen LogP contribution >= 0.6 is 0 Å². The molecule has 0 saturated carbocycles. The van der Waals surface area contributed by atoms with Crippen LogP contribution in [0.5, 0.6) is 0 Å². The molecule has 0 heterocycles. The fourth-order valence-electron chi connectivity index (χ4n) is 1.54. The van der Waals surface area contributed by atoms with Crippen molar-refractivity contribution in [3.05, 3.63) is 0 Å². The van der Waals surface area contributed by atoms with E-state index in [9.17, 15) is 0 Å². The summed E-state index contributed by atoms with van der Waals surface area (Å²) in [7, 11) is 1.85. The summed E-state index contributed by atoms with van der Waals surface area (Å²) in [5.74, 6) is 2.42. The van der Waals surface area contributed by atoms with Crippen molar-refractivity contribution >= 4 is 6.21 Å². The van der Waals surface area contributed by atoms with Crippen LogP contribution in [0.25, 0.3) is 0 Å². The zero-order valence-corrected chi connectivity index (χ0v) is 9.17. The van der Waals surface area contributed by atoms with Gasteiger partial charge in [0.05, 0.1) is 0 Å². The summed E-state index contributed by atoms with van der Waals surface area (Å²) in [5.41, 5.74) is 0. The highest BCUT2D eigenvalue weighted by Gasteiger charge is 2.16. The van der Waals surface area contributed by atoms with Crippen molar-refractivity contribution in [2.75, 3.05) is 7.05 Å². The molecule has 0 spiro atoms. The highest BCUT2D eigenvalue weighted by atomic mass is 14.6. The van der Waals surface area contributed by atoms with Crippen molar-refractivity contribution in [3.8, 4) is 0 Å². The van der Waals surface area contributed by atoms with Gasteiger partial charge in [0.15, 0.2) is 0 Å². The van der Waals surface area contributed by atoms with Gasteiger partial charge in [-0.05, 0) is 30.4 Å². The van der Waals surface area contributed by atoms with E-state index in [-0.39, 0.29) is 0 Å². The van der Waals surface area contributed by atoms with Gasteiger partial charge in [-0.3, -0.25) is 0 Å². The zero-order valence-electron chi connectivity index (χ0n) is 9.17. The fourth-order valence-corrected chi connectivity index (χ4v) is 1.54. The molecule has 0 radical (unpaired) electrons. The van der Waals surface area contributed by atoms with Crippen LogP contribution < -0.4 is 0 Å². The first-order chi connectivity index (χ1) is 5.63. The summed E-state index contributed by atoms with van der Waals surface area (Å²) < 4.78 is 0. The smallest absolute Gasteiger partial charge is 0.0273 e. The molecule has 0 aromatic carbocycles. The highest BCUT2D eigenvalue weighted by molar-refractivity contribution is 5.57. The average Bonchev–Trinajstić information content (AvgIpc) is 2.05. The molecule has 0 aliphatic carbocycles. The summed E-state index contributed by atoms with van der Waals surface area (Å²) in [6.45, 7) is 9.22. The monoisotopic (exact) mass is 169 g/mol. The van der Waals surface area contributed by atoms with Crippen LogP contribution in [0, 0.1) is 17.8 Å². The third kappa shape index (κ3) is 3.89. The molecular formula is C11H23N. The van der Waals surface area contributed by atoms with Gasteiger partial charge in [0.1, 0.15) is 0 Å². The molecule has 0 aromatic heterocycles. The zero-order chi connectivity index (χ0) is 9.56. The summed E-state index contributed by atoms with van der Waals surface area (Å²) in [6, 6.07) is 0. The number of hydrogen-bond acceptors (Lipinski definition) is 1. The van der Waals surface area contributed by atoms with Crippen molar-refractivity contribution < 1.29 is 0 Å². The Balaban J connectivity index is 3.95. The Morgan fingerprint density at radius 1 is 1.25 bits per heavy atom. The van der Waals surface area contributed by atoms with Crippen molar-refractivity contribution in [3.63, 3.8) is 0 Å². The van der Waals surface area contributed by atoms with Crippen LogP contribution in [0.3, 0.4) is 0 Å². The van der Waals surface area contributed by atoms with Crippen LogP contribution in [0.2, 0.25) is 0 Å². The number of aliphatic imine (C=N–C) groups is 1. The molecule has 0 aromatic rings. The second kappa shape index (κ2) is 6.22. The van der Waals surface area contributed by atoms with Gasteiger partial charge in [-0.15, -0.1) is 0 Å². The van der Waals surface area contributed by atoms with E-state index in [1.54, 1.807) is 0 Å². The van der Waals surface area contributed by atoms with Crippen LogP contribution in [-0.4, -0.2) is 13.3 Å². The van der Waals surface area contributed by atoms with E-state index in [0.717, 1.165) is 24.2 Å². The molecule has 0 amide bonds. The van der Waals surface area contributed by atoms with E-state index in [0.29, 0.717) is 0 Å². The lowest BCUT2D eigenvalue weighted by molar-refractivity contribution is 0.277. The maximum absolute atomic E-state index is 4.04. The molecule has 0 rings (SSSR count). The Kier molecular flexibility index (Phi) is 6.04. The Morgan fingerprint density at radius 2 is 1.83 bits per heavy atom. The van der Waals surface area contributed by atoms with E-state index in [1.165, 1.54) is 6.42 Å². The lowest BCUT2D eigenvalue weighted by Gasteiger charge is -2.24. The third-order valence-corrected chi connectivity index (χ3v) is 2.91. The molecule has 12 heavy (non-hydrogen) atoms. The van der Waals surface area contributed by atoms with Crippen LogP contribution in [0.4, 0.5) is 0 Å². The van der Waals surface area contributed by atoms with Crippen LogP contribution in [0.15, 0.2) is 4.99 Å². The van der Waals surface area contributed by atoms with E-state index in [2.05, 4.69) is 32.7 Å². The molecule has 2 atom stereocenters. The summed E-state index contributed by atoms with van der Waals surface area (Å²) >= 11 is 0. The molecule has 0 bridgehead atoms. The molecule has 1 nitrogen and oxygen atoms in total. The van der Waals surface area contributed by atoms with Gasteiger partial charge >= 0.3 is 0 Å². The molecule has 1 unspecified atom stereocenters. The molecule has 0 saturated heterocycles. The molecule has 0 fully saturated rings. The minimum absolute atomic E-state index is 0.792. The standard InChI is InChI=1S/C11H23N/c1-6-11(7-8-12-5)10(4)9(2)3/h8-11H,6-7H2,1-5H3/t10-,11?/m1/s1. The van der Waals surface area contributed by atoms with Gasteiger partial charge in [-0.25, -0.2) is 0 Å². The number of nitrogens with zero attached hydrogens (tertiary/aromatic N) is 1. The van der Waals surface area contributed by atoms with Crippen LogP contribution in [0.1, 0.15) is 40.5 Å². The Morgan fingerprint density at radius 3 is 2.17 bits per heavy atom. The summed E-state index contributed by atoms with van der Waals surface area (Å²) in [6.07, 6.45) is 4.46. The minimum atomic E-state index is 0.792. The lowest BCUT2D eigenvalue weighted by Crippen LogP contribution is -2.16. The largest absolute Gasteiger partial charge is 0.301 e. The summed E-state index contributed by atoms with van der Waals surface area (Å²) in [5, 5.41) is 0. The maximum atomic E-state index is 4.04. The highest BCUT2D eigenvalue weighted by Crippen LogP contribution is 2.25. The first-order valence-corrected chi connectivity index (χ1v) is 5.04. The van der Waals surface area contributed by atoms with Crippen molar-refractivity contribution in [1.29, 1.82) is 0 Å². The number of rotatable bonds is 5. The maximum Gasteiger partial charge on any atom is 0.0273 e. The Hall–Kier alpha value is -0.330. The molecule has 0 aliphatic heterocycles. The van der Waals surface area contributed by atoms with Gasteiger partial charge in [0, 0.05) is 7.05 Å². The van der Waals surface area contributed by atoms with Gasteiger partial charge < -0.3 is 4.99 Å². The fraction of sp³-hybridized carbons (Fsp3) is 0.909. The lowest BCUT2D eigenvalue weighted by atomic mass is 9.82. The van der Waals surface area contributed by atoms with Crippen LogP contribution in [-0.2, 0) is 0 Å². The second-order valence-electron chi connectivity index (χ2n) is 3.95. The first-order valence-electron chi connectivity index (χ1n) is 5.04. The molecule has 72 valence electrons. The Labute approximate surface area is 77.3 Å². The third-order valence-electron chi connectivity index (χ3n) is 2.91. The van der Waals surface area contributed by atoms with Crippen molar-refractivity contribution in [2.45, 2.75) is 40.5 Å². The number of hydrogen-bond donors (Lipinski definition) is 0. The summed E-state index contributed by atoms with van der Waals surface area (Å²) in [4.78, 5) is 4.04. The SMILES string of the molecule is CCC(CC=NC)[C@H](C)C(C)C. The topological polar surface area (TPSA) is 12.4 Å². The predicted octanol–water partition coefficient (Wildman–Crippen LogP) is 3.40. The first kappa shape index (κ1) is 11.7. The molecule has 1 heteroatoms. The van der Waals surface area contributed by atoms with Gasteiger partial charge in [-0.1, -0.05) is 34.1 Å². The normalized spacial score (nSPS) is 17.2. The quantitative estimate of drug-likeness (QED) is 0.559. The Bertz CT molecular complexity index is 127. The van der Waals surface area contributed by atoms with E-state index in [1.807, 2.05) is 13.3 Å². The van der Waals surface area contributed by atoms with E-state index in [4.69, 9.17) is 0 Å². The van der Waals surface area contributed by atoms with Gasteiger partial charge in [0.25, 0.3) is 0 Å². The predicted molar refractivity (Wildman–Crippen MR) is 56.8 cm³/mol. The minimum Gasteiger partial charge on any atom is -0.301 e. The van der Waals surface area contributed by atoms with Gasteiger partial charge in [-0.2, -0.15) is 0 Å². The van der Waals surface area contributed by atoms with Gasteiger partial charge in [0.2, 0.25) is 0 Å². The molecule has 0 aliphatic rings. The van der Waals surface area contributed by atoms with E-state index >= 15 is 0 Å².